The van der Waals surface area contributed by atoms with E-state index in [9.17, 15) is 22.0 Å². The Morgan fingerprint density at radius 2 is 2.00 bits per heavy atom. The van der Waals surface area contributed by atoms with E-state index >= 15 is 0 Å². The van der Waals surface area contributed by atoms with Gasteiger partial charge < -0.3 is 15.2 Å². The standard InChI is InChI=1S/C9H9F5N2O2/c1-17-5-3-16-6(8(10)11)7(4(5)2-15)18-9(12,13)14/h3,8H,2,15H2,1H3. The van der Waals surface area contributed by atoms with Gasteiger partial charge in [0, 0.05) is 6.54 Å². The first kappa shape index (κ1) is 14.4. The van der Waals surface area contributed by atoms with Crippen LogP contribution in [0, 0.1) is 0 Å². The van der Waals surface area contributed by atoms with E-state index in [0.717, 1.165) is 13.3 Å². The second-order valence-corrected chi connectivity index (χ2v) is 3.07. The van der Waals surface area contributed by atoms with Crippen molar-refractivity contribution in [2.45, 2.75) is 19.3 Å². The highest BCUT2D eigenvalue weighted by atomic mass is 19.4. The second-order valence-electron chi connectivity index (χ2n) is 3.07. The zero-order valence-corrected chi connectivity index (χ0v) is 9.09. The minimum absolute atomic E-state index is 0.152. The van der Waals surface area contributed by atoms with Crippen LogP contribution in [0.25, 0.3) is 0 Å². The Hall–Kier alpha value is -1.64. The van der Waals surface area contributed by atoms with Gasteiger partial charge in [0.15, 0.2) is 5.75 Å². The molecule has 0 bridgehead atoms. The largest absolute Gasteiger partial charge is 0.573 e. The molecule has 18 heavy (non-hydrogen) atoms. The second kappa shape index (κ2) is 5.34. The average molecular weight is 272 g/mol. The summed E-state index contributed by atoms with van der Waals surface area (Å²) in [6.07, 6.45) is -7.48. The van der Waals surface area contributed by atoms with Crippen LogP contribution < -0.4 is 15.2 Å². The summed E-state index contributed by atoms with van der Waals surface area (Å²) in [5.74, 6) is -1.26. The van der Waals surface area contributed by atoms with Gasteiger partial charge in [-0.05, 0) is 0 Å². The number of hydrogen-bond acceptors (Lipinski definition) is 4. The van der Waals surface area contributed by atoms with Crippen LogP contribution in [0.3, 0.4) is 0 Å². The van der Waals surface area contributed by atoms with E-state index in [1.807, 2.05) is 0 Å². The van der Waals surface area contributed by atoms with Gasteiger partial charge in [0.1, 0.15) is 11.4 Å². The third-order valence-corrected chi connectivity index (χ3v) is 1.97. The summed E-state index contributed by atoms with van der Waals surface area (Å²) >= 11 is 0. The van der Waals surface area contributed by atoms with Crippen molar-refractivity contribution < 1.29 is 31.4 Å². The predicted octanol–water partition coefficient (Wildman–Crippen LogP) is 2.39. The van der Waals surface area contributed by atoms with Crippen LogP contribution in [-0.2, 0) is 6.54 Å². The fraction of sp³-hybridized carbons (Fsp3) is 0.444. The molecular weight excluding hydrogens is 263 g/mol. The molecule has 0 aromatic carbocycles. The summed E-state index contributed by atoms with van der Waals surface area (Å²) < 4.78 is 69.9. The molecule has 0 fully saturated rings. The van der Waals surface area contributed by atoms with Crippen LogP contribution in [0.2, 0.25) is 0 Å². The molecule has 0 saturated carbocycles. The Kier molecular flexibility index (Phi) is 4.28. The minimum Gasteiger partial charge on any atom is -0.495 e. The van der Waals surface area contributed by atoms with Crippen LogP contribution in [-0.4, -0.2) is 18.5 Å². The number of halogens is 5. The van der Waals surface area contributed by atoms with Crippen LogP contribution in [0.15, 0.2) is 6.20 Å². The fourth-order valence-corrected chi connectivity index (χ4v) is 1.29. The lowest BCUT2D eigenvalue weighted by molar-refractivity contribution is -0.275. The molecule has 1 aromatic heterocycles. The number of rotatable bonds is 4. The molecule has 1 rings (SSSR count). The number of alkyl halides is 5. The van der Waals surface area contributed by atoms with Gasteiger partial charge in [-0.1, -0.05) is 0 Å². The monoisotopic (exact) mass is 272 g/mol. The molecule has 102 valence electrons. The number of hydrogen-bond donors (Lipinski definition) is 1. The third kappa shape index (κ3) is 3.19. The van der Waals surface area contributed by atoms with Gasteiger partial charge in [0.05, 0.1) is 18.9 Å². The highest BCUT2D eigenvalue weighted by Gasteiger charge is 2.36. The van der Waals surface area contributed by atoms with Crippen molar-refractivity contribution in [3.63, 3.8) is 0 Å². The maximum atomic E-state index is 12.6. The van der Waals surface area contributed by atoms with E-state index in [1.165, 1.54) is 0 Å². The number of ether oxygens (including phenoxy) is 2. The van der Waals surface area contributed by atoms with Gasteiger partial charge in [-0.25, -0.2) is 13.8 Å². The molecule has 1 heterocycles. The zero-order valence-electron chi connectivity index (χ0n) is 9.09. The lowest BCUT2D eigenvalue weighted by Crippen LogP contribution is -2.21. The topological polar surface area (TPSA) is 57.4 Å². The van der Waals surface area contributed by atoms with E-state index in [0.29, 0.717) is 0 Å². The first-order valence-electron chi connectivity index (χ1n) is 4.59. The molecule has 0 aliphatic carbocycles. The Morgan fingerprint density at radius 3 is 2.39 bits per heavy atom. The quantitative estimate of drug-likeness (QED) is 0.855. The summed E-state index contributed by atoms with van der Waals surface area (Å²) in [5.41, 5.74) is 3.76. The fourth-order valence-electron chi connectivity index (χ4n) is 1.29. The molecule has 0 saturated heterocycles. The maximum absolute atomic E-state index is 12.6. The molecule has 0 unspecified atom stereocenters. The number of aromatic nitrogens is 1. The van der Waals surface area contributed by atoms with Crippen LogP contribution in [0.4, 0.5) is 22.0 Å². The highest BCUT2D eigenvalue weighted by molar-refractivity contribution is 5.46. The smallest absolute Gasteiger partial charge is 0.495 e. The van der Waals surface area contributed by atoms with E-state index < -0.39 is 30.8 Å². The van der Waals surface area contributed by atoms with E-state index in [4.69, 9.17) is 10.5 Å². The van der Waals surface area contributed by atoms with E-state index in [1.54, 1.807) is 0 Å². The molecule has 0 radical (unpaired) electrons. The van der Waals surface area contributed by atoms with Gasteiger partial charge in [0.25, 0.3) is 6.43 Å². The van der Waals surface area contributed by atoms with Crippen LogP contribution in [0.5, 0.6) is 11.5 Å². The molecule has 4 nitrogen and oxygen atoms in total. The first-order valence-corrected chi connectivity index (χ1v) is 4.59. The van der Waals surface area contributed by atoms with Crippen molar-refractivity contribution >= 4 is 0 Å². The van der Waals surface area contributed by atoms with Gasteiger partial charge in [-0.15, -0.1) is 13.2 Å². The predicted molar refractivity (Wildman–Crippen MR) is 50.3 cm³/mol. The highest BCUT2D eigenvalue weighted by Crippen LogP contribution is 2.38. The first-order chi connectivity index (χ1) is 8.30. The number of nitrogens with zero attached hydrogens (tertiary/aromatic N) is 1. The molecule has 0 amide bonds. The SMILES string of the molecule is COc1cnc(C(F)F)c(OC(F)(F)F)c1CN. The van der Waals surface area contributed by atoms with Gasteiger partial charge in [-0.3, -0.25) is 0 Å². The van der Waals surface area contributed by atoms with Crippen molar-refractivity contribution in [2.24, 2.45) is 5.73 Å². The van der Waals surface area contributed by atoms with Crippen molar-refractivity contribution in [3.05, 3.63) is 17.5 Å². The third-order valence-electron chi connectivity index (χ3n) is 1.97. The van der Waals surface area contributed by atoms with Crippen molar-refractivity contribution in [3.8, 4) is 11.5 Å². The Morgan fingerprint density at radius 1 is 1.39 bits per heavy atom. The van der Waals surface area contributed by atoms with Crippen molar-refractivity contribution in [1.82, 2.24) is 4.98 Å². The Bertz CT molecular complexity index is 422. The Balaban J connectivity index is 3.38. The maximum Gasteiger partial charge on any atom is 0.573 e. The summed E-state index contributed by atoms with van der Waals surface area (Å²) in [6, 6.07) is 0. The summed E-state index contributed by atoms with van der Waals surface area (Å²) in [4.78, 5) is 3.19. The number of pyridine rings is 1. The molecule has 2 N–H and O–H groups in total. The van der Waals surface area contributed by atoms with Gasteiger partial charge >= 0.3 is 6.36 Å². The molecular formula is C9H9F5N2O2. The lowest BCUT2D eigenvalue weighted by atomic mass is 10.2. The van der Waals surface area contributed by atoms with E-state index in [2.05, 4.69) is 9.72 Å². The molecule has 0 aliphatic rings. The summed E-state index contributed by atoms with van der Waals surface area (Å²) in [6.45, 7) is -0.461. The molecule has 1 aromatic rings. The number of nitrogens with two attached hydrogens (primary N) is 1. The zero-order chi connectivity index (χ0) is 13.9. The van der Waals surface area contributed by atoms with Crippen LogP contribution >= 0.6 is 0 Å². The molecule has 0 atom stereocenters. The summed E-state index contributed by atoms with van der Waals surface area (Å²) in [7, 11) is 1.15. The lowest BCUT2D eigenvalue weighted by Gasteiger charge is -2.17. The number of methoxy groups -OCH3 is 1. The Labute approximate surface area is 98.5 Å². The van der Waals surface area contributed by atoms with E-state index in [-0.39, 0.29) is 11.3 Å². The minimum atomic E-state index is -5.12. The average Bonchev–Trinajstić information content (AvgIpc) is 2.25. The molecule has 9 heteroatoms. The van der Waals surface area contributed by atoms with Gasteiger partial charge in [0.2, 0.25) is 0 Å². The van der Waals surface area contributed by atoms with Crippen molar-refractivity contribution in [1.29, 1.82) is 0 Å². The molecule has 0 aliphatic heterocycles. The van der Waals surface area contributed by atoms with Crippen LogP contribution in [0.1, 0.15) is 17.7 Å². The van der Waals surface area contributed by atoms with Gasteiger partial charge in [-0.2, -0.15) is 0 Å². The normalized spacial score (nSPS) is 11.8. The molecule has 0 spiro atoms. The van der Waals surface area contributed by atoms with Crippen molar-refractivity contribution in [2.75, 3.05) is 7.11 Å². The summed E-state index contributed by atoms with van der Waals surface area (Å²) in [5, 5.41) is 0.